The first kappa shape index (κ1) is 14.6. The van der Waals surface area contributed by atoms with Crippen LogP contribution in [0.1, 0.15) is 16.6 Å². The van der Waals surface area contributed by atoms with Gasteiger partial charge in [-0.05, 0) is 25.1 Å². The lowest BCUT2D eigenvalue weighted by Gasteiger charge is -2.18. The summed E-state index contributed by atoms with van der Waals surface area (Å²) in [5.41, 5.74) is 6.57. The molecule has 6 heteroatoms. The average molecular weight is 294 g/mol. The fourth-order valence-electron chi connectivity index (χ4n) is 2.05. The topological polar surface area (TPSA) is 75.8 Å². The number of nitrogens with zero attached hydrogens (tertiary/aromatic N) is 1. The van der Waals surface area contributed by atoms with Gasteiger partial charge in [-0.25, -0.2) is 0 Å². The van der Waals surface area contributed by atoms with E-state index in [1.54, 1.807) is 12.0 Å². The zero-order chi connectivity index (χ0) is 14.7. The molecule has 2 aromatic rings. The van der Waals surface area contributed by atoms with E-state index in [4.69, 9.17) is 15.6 Å². The maximum atomic E-state index is 12.4. The molecule has 0 unspecified atom stereocenters. The molecule has 0 radical (unpaired) electrons. The highest BCUT2D eigenvalue weighted by Crippen LogP contribution is 2.36. The van der Waals surface area contributed by atoms with E-state index in [1.165, 1.54) is 11.3 Å². The Morgan fingerprint density at radius 2 is 2.25 bits per heavy atom. The maximum Gasteiger partial charge on any atom is 0.266 e. The molecule has 2 rings (SSSR count). The lowest BCUT2D eigenvalue weighted by molar-refractivity contribution is 0.0738. The van der Waals surface area contributed by atoms with Gasteiger partial charge in [0.1, 0.15) is 10.6 Å². The Labute approximate surface area is 121 Å². The minimum atomic E-state index is -0.140. The first-order chi connectivity index (χ1) is 9.62. The Bertz CT molecular complexity index is 624. The van der Waals surface area contributed by atoms with Crippen LogP contribution in [0.15, 0.2) is 18.2 Å². The molecule has 0 bridgehead atoms. The molecule has 1 heterocycles. The third-order valence-electron chi connectivity index (χ3n) is 3.17. The molecular formula is C14H18N2O3S. The Morgan fingerprint density at radius 3 is 2.85 bits per heavy atom. The van der Waals surface area contributed by atoms with Crippen molar-refractivity contribution in [2.45, 2.75) is 6.92 Å². The van der Waals surface area contributed by atoms with Crippen molar-refractivity contribution in [3.63, 3.8) is 0 Å². The predicted octanol–water partition coefficient (Wildman–Crippen LogP) is 1.95. The molecule has 1 aromatic heterocycles. The minimum absolute atomic E-state index is 0.0573. The van der Waals surface area contributed by atoms with E-state index in [2.05, 4.69) is 0 Å². The second-order valence-electron chi connectivity index (χ2n) is 4.32. The molecule has 0 atom stereocenters. The number of aliphatic hydroxyl groups excluding tert-OH is 1. The molecule has 1 amide bonds. The quantitative estimate of drug-likeness (QED) is 0.883. The van der Waals surface area contributed by atoms with E-state index in [1.807, 2.05) is 25.1 Å². The number of rotatable bonds is 5. The monoisotopic (exact) mass is 294 g/mol. The van der Waals surface area contributed by atoms with Crippen LogP contribution in [-0.4, -0.2) is 42.7 Å². The highest BCUT2D eigenvalue weighted by Gasteiger charge is 2.21. The van der Waals surface area contributed by atoms with Crippen LogP contribution in [0, 0.1) is 0 Å². The fraction of sp³-hybridized carbons (Fsp3) is 0.357. The van der Waals surface area contributed by atoms with Crippen molar-refractivity contribution in [1.29, 1.82) is 0 Å². The number of anilines is 1. The fourth-order valence-corrected chi connectivity index (χ4v) is 3.17. The van der Waals surface area contributed by atoms with Gasteiger partial charge >= 0.3 is 0 Å². The molecule has 0 aliphatic heterocycles. The summed E-state index contributed by atoms with van der Waals surface area (Å²) in [5, 5.41) is 9.86. The van der Waals surface area contributed by atoms with Crippen LogP contribution in [0.3, 0.4) is 0 Å². The molecule has 20 heavy (non-hydrogen) atoms. The van der Waals surface area contributed by atoms with E-state index in [-0.39, 0.29) is 12.5 Å². The van der Waals surface area contributed by atoms with Crippen molar-refractivity contribution in [3.05, 3.63) is 23.1 Å². The molecule has 0 aliphatic rings. The number of hydrogen-bond donors (Lipinski definition) is 2. The third-order valence-corrected chi connectivity index (χ3v) is 4.33. The Morgan fingerprint density at radius 1 is 1.50 bits per heavy atom. The summed E-state index contributed by atoms with van der Waals surface area (Å²) in [6, 6.07) is 5.56. The summed E-state index contributed by atoms with van der Waals surface area (Å²) in [6.45, 7) is 2.67. The van der Waals surface area contributed by atoms with Crippen LogP contribution in [0.5, 0.6) is 5.75 Å². The smallest absolute Gasteiger partial charge is 0.266 e. The number of amides is 1. The van der Waals surface area contributed by atoms with Gasteiger partial charge in [-0.2, -0.15) is 0 Å². The number of benzene rings is 1. The molecule has 5 nitrogen and oxygen atoms in total. The number of likely N-dealkylation sites (N-methyl/N-ethyl adjacent to an activating group) is 1. The molecular weight excluding hydrogens is 276 g/mol. The molecule has 0 aliphatic carbocycles. The zero-order valence-corrected chi connectivity index (χ0v) is 12.4. The van der Waals surface area contributed by atoms with E-state index >= 15 is 0 Å². The number of hydrogen-bond acceptors (Lipinski definition) is 5. The van der Waals surface area contributed by atoms with E-state index in [9.17, 15) is 4.79 Å². The summed E-state index contributed by atoms with van der Waals surface area (Å²) in [6.07, 6.45) is 0. The second-order valence-corrected chi connectivity index (χ2v) is 5.37. The molecule has 0 fully saturated rings. The van der Waals surface area contributed by atoms with Crippen molar-refractivity contribution in [2.24, 2.45) is 0 Å². The number of ether oxygens (including phenoxy) is 1. The molecule has 0 saturated heterocycles. The van der Waals surface area contributed by atoms with Crippen LogP contribution in [0.4, 0.5) is 5.69 Å². The third kappa shape index (κ3) is 2.57. The van der Waals surface area contributed by atoms with Crippen LogP contribution >= 0.6 is 11.3 Å². The normalized spacial score (nSPS) is 10.8. The van der Waals surface area contributed by atoms with E-state index < -0.39 is 0 Å². The molecule has 0 saturated carbocycles. The van der Waals surface area contributed by atoms with Gasteiger partial charge in [-0.3, -0.25) is 4.79 Å². The van der Waals surface area contributed by atoms with Gasteiger partial charge in [0.25, 0.3) is 5.91 Å². The van der Waals surface area contributed by atoms with Gasteiger partial charge in [0, 0.05) is 23.2 Å². The first-order valence-corrected chi connectivity index (χ1v) is 7.20. The first-order valence-electron chi connectivity index (χ1n) is 6.38. The predicted molar refractivity (Wildman–Crippen MR) is 81.5 cm³/mol. The maximum absolute atomic E-state index is 12.4. The number of fused-ring (bicyclic) bond motifs is 1. The standard InChI is InChI=1S/C14H18N2O3S/c1-3-16(6-7-17)14(18)13-12(15)10-5-4-9(19-2)8-11(10)20-13/h4-5,8,17H,3,6-7,15H2,1-2H3. The van der Waals surface area contributed by atoms with Gasteiger partial charge in [-0.15, -0.1) is 11.3 Å². The summed E-state index contributed by atoms with van der Waals surface area (Å²) >= 11 is 1.35. The molecule has 108 valence electrons. The lowest BCUT2D eigenvalue weighted by Crippen LogP contribution is -2.33. The number of thiophene rings is 1. The van der Waals surface area contributed by atoms with Crippen molar-refractivity contribution in [3.8, 4) is 5.75 Å². The van der Waals surface area contributed by atoms with Gasteiger partial charge in [0.15, 0.2) is 0 Å². The average Bonchev–Trinajstić information content (AvgIpc) is 2.80. The summed E-state index contributed by atoms with van der Waals surface area (Å²) in [5.74, 6) is 0.597. The van der Waals surface area contributed by atoms with Crippen molar-refractivity contribution >= 4 is 33.0 Å². The SMILES string of the molecule is CCN(CCO)C(=O)c1sc2cc(OC)ccc2c1N. The Kier molecular flexibility index (Phi) is 4.46. The second kappa shape index (κ2) is 6.11. The molecule has 0 spiro atoms. The van der Waals surface area contributed by atoms with Gasteiger partial charge in [-0.1, -0.05) is 0 Å². The number of methoxy groups -OCH3 is 1. The molecule has 1 aromatic carbocycles. The number of carbonyl (C=O) groups is 1. The van der Waals surface area contributed by atoms with Crippen molar-refractivity contribution in [1.82, 2.24) is 4.90 Å². The minimum Gasteiger partial charge on any atom is -0.497 e. The van der Waals surface area contributed by atoms with Crippen molar-refractivity contribution in [2.75, 3.05) is 32.5 Å². The number of carbonyl (C=O) groups excluding carboxylic acids is 1. The van der Waals surface area contributed by atoms with Gasteiger partial charge in [0.05, 0.1) is 19.4 Å². The van der Waals surface area contributed by atoms with Gasteiger partial charge in [0.2, 0.25) is 0 Å². The Balaban J connectivity index is 2.44. The largest absolute Gasteiger partial charge is 0.497 e. The number of aliphatic hydroxyl groups is 1. The highest BCUT2D eigenvalue weighted by molar-refractivity contribution is 7.21. The van der Waals surface area contributed by atoms with Crippen LogP contribution in [-0.2, 0) is 0 Å². The Hall–Kier alpha value is -1.79. The van der Waals surface area contributed by atoms with Crippen LogP contribution in [0.2, 0.25) is 0 Å². The number of nitrogen functional groups attached to an aromatic ring is 1. The van der Waals surface area contributed by atoms with E-state index in [0.717, 1.165) is 15.8 Å². The lowest BCUT2D eigenvalue weighted by atomic mass is 10.2. The highest BCUT2D eigenvalue weighted by atomic mass is 32.1. The van der Waals surface area contributed by atoms with Crippen LogP contribution < -0.4 is 10.5 Å². The zero-order valence-electron chi connectivity index (χ0n) is 11.5. The number of nitrogens with two attached hydrogens (primary N) is 1. The summed E-state index contributed by atoms with van der Waals surface area (Å²) in [4.78, 5) is 14.5. The van der Waals surface area contributed by atoms with Gasteiger partial charge < -0.3 is 20.5 Å². The van der Waals surface area contributed by atoms with Crippen molar-refractivity contribution < 1.29 is 14.6 Å². The van der Waals surface area contributed by atoms with Crippen LogP contribution in [0.25, 0.3) is 10.1 Å². The summed E-state index contributed by atoms with van der Waals surface area (Å²) in [7, 11) is 1.60. The van der Waals surface area contributed by atoms with E-state index in [0.29, 0.717) is 23.7 Å². The molecule has 3 N–H and O–H groups in total. The summed E-state index contributed by atoms with van der Waals surface area (Å²) < 4.78 is 6.10.